The molecule has 0 bridgehead atoms. The van der Waals surface area contributed by atoms with Gasteiger partial charge in [-0.2, -0.15) is 0 Å². The molecule has 1 aromatic heterocycles. The zero-order valence-electron chi connectivity index (χ0n) is 7.83. The number of amides is 1. The number of anilines is 1. The second kappa shape index (κ2) is 3.00. The summed E-state index contributed by atoms with van der Waals surface area (Å²) in [6.45, 7) is 1.42. The Balaban J connectivity index is 2.16. The molecule has 6 heteroatoms. The average molecular weight is 225 g/mol. The van der Waals surface area contributed by atoms with Gasteiger partial charge in [0.15, 0.2) is 5.62 Å². The van der Waals surface area contributed by atoms with Gasteiger partial charge in [0, 0.05) is 24.9 Å². The number of rotatable bonds is 0. The summed E-state index contributed by atoms with van der Waals surface area (Å²) in [4.78, 5) is 15.6. The second-order valence-electron chi connectivity index (χ2n) is 3.50. The number of fused-ring (bicyclic) bond motifs is 3. The number of nitrogens with zero attached hydrogens (tertiary/aromatic N) is 2. The molecule has 0 aliphatic carbocycles. The Morgan fingerprint density at radius 1 is 1.60 bits per heavy atom. The number of hydrogen-bond donors (Lipinski definition) is 2. The topological polar surface area (TPSA) is 58.4 Å². The van der Waals surface area contributed by atoms with Gasteiger partial charge in [0.2, 0.25) is 0 Å². The molecule has 78 valence electrons. The van der Waals surface area contributed by atoms with E-state index in [1.807, 2.05) is 10.6 Å². The average Bonchev–Trinajstić information content (AvgIpc) is 2.58. The van der Waals surface area contributed by atoms with Gasteiger partial charge in [0.05, 0.1) is 0 Å². The zero-order valence-corrected chi connectivity index (χ0v) is 8.58. The number of aromatic nitrogens is 1. The third kappa shape index (κ3) is 1.23. The van der Waals surface area contributed by atoms with Crippen molar-refractivity contribution in [2.24, 2.45) is 4.99 Å². The highest BCUT2D eigenvalue weighted by atomic mass is 35.5. The van der Waals surface area contributed by atoms with E-state index in [9.17, 15) is 4.79 Å². The van der Waals surface area contributed by atoms with Gasteiger partial charge >= 0.3 is 0 Å². The third-order valence-electron chi connectivity index (χ3n) is 2.58. The van der Waals surface area contributed by atoms with Crippen LogP contribution in [0.4, 0.5) is 5.82 Å². The van der Waals surface area contributed by atoms with E-state index in [4.69, 9.17) is 11.6 Å². The lowest BCUT2D eigenvalue weighted by Gasteiger charge is -2.21. The van der Waals surface area contributed by atoms with Crippen LogP contribution in [0.15, 0.2) is 11.1 Å². The predicted molar refractivity (Wildman–Crippen MR) is 57.6 cm³/mol. The van der Waals surface area contributed by atoms with E-state index in [0.717, 1.165) is 17.9 Å². The minimum atomic E-state index is -0.443. The molecular weight excluding hydrogens is 216 g/mol. The molecule has 0 saturated carbocycles. The Labute approximate surface area is 91.1 Å². The van der Waals surface area contributed by atoms with Crippen molar-refractivity contribution in [2.75, 3.05) is 11.9 Å². The predicted octanol–water partition coefficient (Wildman–Crippen LogP) is 0.598. The smallest absolute Gasteiger partial charge is 0.268 e. The summed E-state index contributed by atoms with van der Waals surface area (Å²) in [6, 6.07) is 1.82. The summed E-state index contributed by atoms with van der Waals surface area (Å²) in [6.07, 6.45) is 1.70. The van der Waals surface area contributed by atoms with Crippen LogP contribution in [-0.4, -0.2) is 28.9 Å². The Morgan fingerprint density at radius 2 is 2.47 bits per heavy atom. The largest absolute Gasteiger partial charge is 0.349 e. The highest BCUT2D eigenvalue weighted by Crippen LogP contribution is 2.26. The van der Waals surface area contributed by atoms with Crippen LogP contribution >= 0.6 is 11.6 Å². The van der Waals surface area contributed by atoms with Gasteiger partial charge in [-0.25, -0.2) is 0 Å². The molecule has 1 unspecified atom stereocenters. The maximum atomic E-state index is 11.5. The molecule has 0 aromatic carbocycles. The fourth-order valence-corrected chi connectivity index (χ4v) is 2.08. The molecule has 3 heterocycles. The zero-order chi connectivity index (χ0) is 10.4. The van der Waals surface area contributed by atoms with Crippen LogP contribution in [0, 0.1) is 0 Å². The van der Waals surface area contributed by atoms with Gasteiger partial charge in [-0.3, -0.25) is 9.79 Å². The first kappa shape index (κ1) is 8.79. The van der Waals surface area contributed by atoms with Crippen molar-refractivity contribution in [1.29, 1.82) is 0 Å². The molecule has 3 rings (SSSR count). The molecule has 5 nitrogen and oxygen atoms in total. The van der Waals surface area contributed by atoms with E-state index < -0.39 is 5.62 Å². The fraction of sp³-hybridized carbons (Fsp3) is 0.333. The molecule has 15 heavy (non-hydrogen) atoms. The van der Waals surface area contributed by atoms with Crippen LogP contribution in [0.2, 0.25) is 0 Å². The van der Waals surface area contributed by atoms with E-state index in [-0.39, 0.29) is 5.91 Å². The third-order valence-corrected chi connectivity index (χ3v) is 2.80. The van der Waals surface area contributed by atoms with E-state index >= 15 is 0 Å². The van der Waals surface area contributed by atoms with Gasteiger partial charge in [-0.1, -0.05) is 11.6 Å². The highest BCUT2D eigenvalue weighted by molar-refractivity contribution is 6.22. The van der Waals surface area contributed by atoms with Gasteiger partial charge in [0.25, 0.3) is 5.91 Å². The summed E-state index contributed by atoms with van der Waals surface area (Å²) >= 11 is 5.86. The quantitative estimate of drug-likeness (QED) is 0.501. The maximum Gasteiger partial charge on any atom is 0.268 e. The van der Waals surface area contributed by atoms with Crippen molar-refractivity contribution in [1.82, 2.24) is 9.88 Å². The summed E-state index contributed by atoms with van der Waals surface area (Å²) < 4.78 is 1.94. The Hall–Kier alpha value is -1.49. The molecule has 0 spiro atoms. The van der Waals surface area contributed by atoms with Crippen LogP contribution in [0.5, 0.6) is 0 Å². The Kier molecular flexibility index (Phi) is 1.76. The van der Waals surface area contributed by atoms with E-state index in [2.05, 4.69) is 15.6 Å². The van der Waals surface area contributed by atoms with Crippen LogP contribution in [0.1, 0.15) is 16.1 Å². The molecular formula is C9H9ClN4O. The van der Waals surface area contributed by atoms with Gasteiger partial charge in [-0.05, 0) is 6.07 Å². The number of carbonyl (C=O) groups is 1. The number of nitrogens with one attached hydrogen (secondary N) is 2. The normalized spacial score (nSPS) is 22.7. The SMILES string of the molecule is O=C1NCCn2c1cc1c2NC(Cl)N=C1. The lowest BCUT2D eigenvalue weighted by atomic mass is 10.3. The monoisotopic (exact) mass is 224 g/mol. The minimum absolute atomic E-state index is 0.0445. The van der Waals surface area contributed by atoms with Crippen LogP contribution in [0.3, 0.4) is 0 Å². The molecule has 2 N–H and O–H groups in total. The number of halogens is 1. The molecule has 1 atom stereocenters. The summed E-state index contributed by atoms with van der Waals surface area (Å²) in [5.41, 5.74) is 1.14. The summed E-state index contributed by atoms with van der Waals surface area (Å²) in [5, 5.41) is 5.83. The van der Waals surface area contributed by atoms with Crippen molar-refractivity contribution in [3.8, 4) is 0 Å². The second-order valence-corrected chi connectivity index (χ2v) is 3.91. The van der Waals surface area contributed by atoms with E-state index in [0.29, 0.717) is 12.2 Å². The molecule has 1 aromatic rings. The van der Waals surface area contributed by atoms with Crippen molar-refractivity contribution in [2.45, 2.75) is 12.2 Å². The molecule has 0 fully saturated rings. The van der Waals surface area contributed by atoms with Crippen LogP contribution in [0.25, 0.3) is 0 Å². The first-order valence-corrected chi connectivity index (χ1v) is 5.15. The Bertz CT molecular complexity index is 465. The first-order chi connectivity index (χ1) is 7.25. The minimum Gasteiger partial charge on any atom is -0.349 e. The fourth-order valence-electron chi connectivity index (χ4n) is 1.92. The highest BCUT2D eigenvalue weighted by Gasteiger charge is 2.24. The van der Waals surface area contributed by atoms with Crippen molar-refractivity contribution < 1.29 is 4.79 Å². The standard InChI is InChI=1S/C9H9ClN4O/c10-9-12-4-5-3-6-8(15)11-1-2-14(6)7(5)13-9/h3-4,9,13H,1-2H2,(H,11,15). The van der Waals surface area contributed by atoms with Crippen LogP contribution in [-0.2, 0) is 6.54 Å². The molecule has 1 amide bonds. The lowest BCUT2D eigenvalue weighted by Crippen LogP contribution is -2.35. The molecule has 2 aliphatic rings. The lowest BCUT2D eigenvalue weighted by molar-refractivity contribution is 0.0928. The number of hydrogen-bond acceptors (Lipinski definition) is 3. The van der Waals surface area contributed by atoms with Crippen molar-refractivity contribution >= 4 is 29.5 Å². The first-order valence-electron chi connectivity index (χ1n) is 4.71. The summed E-state index contributed by atoms with van der Waals surface area (Å²) in [5.74, 6) is 0.840. The van der Waals surface area contributed by atoms with Crippen molar-refractivity contribution in [3.63, 3.8) is 0 Å². The van der Waals surface area contributed by atoms with Gasteiger partial charge in [-0.15, -0.1) is 0 Å². The van der Waals surface area contributed by atoms with Gasteiger partial charge in [0.1, 0.15) is 11.5 Å². The number of alkyl halides is 1. The van der Waals surface area contributed by atoms with E-state index in [1.165, 1.54) is 0 Å². The van der Waals surface area contributed by atoms with Crippen LogP contribution < -0.4 is 10.6 Å². The molecule has 0 radical (unpaired) electrons. The number of carbonyl (C=O) groups excluding carboxylic acids is 1. The molecule has 0 saturated heterocycles. The van der Waals surface area contributed by atoms with Gasteiger partial charge < -0.3 is 15.2 Å². The maximum absolute atomic E-state index is 11.5. The van der Waals surface area contributed by atoms with Crippen molar-refractivity contribution in [3.05, 3.63) is 17.3 Å². The Morgan fingerprint density at radius 3 is 3.33 bits per heavy atom. The molecule has 2 aliphatic heterocycles. The summed E-state index contributed by atoms with van der Waals surface area (Å²) in [7, 11) is 0. The number of aliphatic imine (C=N–C) groups is 1. The van der Waals surface area contributed by atoms with E-state index in [1.54, 1.807) is 6.21 Å².